The molecule has 0 aliphatic carbocycles. The molecule has 0 amide bonds. The van der Waals surface area contributed by atoms with Gasteiger partial charge in [0.15, 0.2) is 46.0 Å². The lowest BCUT2D eigenvalue weighted by Gasteiger charge is -2.16. The van der Waals surface area contributed by atoms with Crippen molar-refractivity contribution in [1.82, 2.24) is 0 Å². The number of ether oxygens (including phenoxy) is 19. The molecule has 24 nitrogen and oxygen atoms in total. The number of esters is 5. The smallest absolute Gasteiger partial charge is 0.338 e. The fourth-order valence-corrected chi connectivity index (χ4v) is 13.4. The average molecular weight is 1760 g/mol. The highest BCUT2D eigenvalue weighted by Crippen LogP contribution is 2.36. The highest BCUT2D eigenvalue weighted by atomic mass is 16.6. The van der Waals surface area contributed by atoms with Crippen LogP contribution in [0.1, 0.15) is 230 Å². The SMILES string of the molecule is CCCCCCOC(=O)c1cc(OCc2cc(OCCCCCCCCOc3ccc(C=CC(=O)OC)cc3OC)cc(OCCCCCCCCOc3ccc(C=CC(=O)OC)cc3OC)c2)cc(OCc2cc(OCCCCCCCCOc3ccc(C=CC(=O)OC)cc3OC)cc(OCCCCCCCCOc3ccc(C=CC(=O)OC)cc3OC)c2)c1. The van der Waals surface area contributed by atoms with E-state index in [0.717, 1.165) is 213 Å². The number of hydrogen-bond acceptors (Lipinski definition) is 24. The van der Waals surface area contributed by atoms with Gasteiger partial charge in [-0.1, -0.05) is 153 Å². The largest absolute Gasteiger partial charge is 0.493 e. The van der Waals surface area contributed by atoms with E-state index in [9.17, 15) is 24.0 Å². The van der Waals surface area contributed by atoms with E-state index >= 15 is 0 Å². The molecule has 127 heavy (non-hydrogen) atoms. The van der Waals surface area contributed by atoms with Crippen LogP contribution in [0.25, 0.3) is 24.3 Å². The number of hydrogen-bond donors (Lipinski definition) is 0. The molecule has 0 aromatic heterocycles. The first-order valence-electron chi connectivity index (χ1n) is 44.8. The van der Waals surface area contributed by atoms with Crippen molar-refractivity contribution < 1.29 is 114 Å². The third kappa shape index (κ3) is 41.8. The molecule has 690 valence electrons. The van der Waals surface area contributed by atoms with Crippen molar-refractivity contribution >= 4 is 54.2 Å². The van der Waals surface area contributed by atoms with Crippen molar-refractivity contribution in [2.45, 2.75) is 200 Å². The number of rotatable bonds is 68. The van der Waals surface area contributed by atoms with Crippen molar-refractivity contribution in [1.29, 1.82) is 0 Å². The molecule has 24 heteroatoms. The van der Waals surface area contributed by atoms with Crippen LogP contribution in [0.15, 0.2) is 152 Å². The first kappa shape index (κ1) is 102. The van der Waals surface area contributed by atoms with Gasteiger partial charge in [-0.25, -0.2) is 24.0 Å². The van der Waals surface area contributed by atoms with E-state index in [4.69, 9.17) is 90.0 Å². The number of unbranched alkanes of at least 4 members (excludes halogenated alkanes) is 23. The Bertz CT molecular complexity index is 4010. The van der Waals surface area contributed by atoms with E-state index in [-0.39, 0.29) is 19.8 Å². The van der Waals surface area contributed by atoms with Gasteiger partial charge >= 0.3 is 29.8 Å². The van der Waals surface area contributed by atoms with Gasteiger partial charge in [0, 0.05) is 42.5 Å². The maximum Gasteiger partial charge on any atom is 0.338 e. The monoisotopic (exact) mass is 1750 g/mol. The number of benzene rings is 7. The summed E-state index contributed by atoms with van der Waals surface area (Å²) in [6.45, 7) is 6.92. The molecular weight excluding hydrogens is 1620 g/mol. The lowest BCUT2D eigenvalue weighted by atomic mass is 10.1. The van der Waals surface area contributed by atoms with Crippen LogP contribution in [-0.4, -0.2) is 146 Å². The van der Waals surface area contributed by atoms with Crippen molar-refractivity contribution in [2.75, 3.05) is 116 Å². The van der Waals surface area contributed by atoms with Gasteiger partial charge in [-0.3, -0.25) is 0 Å². The van der Waals surface area contributed by atoms with E-state index in [1.54, 1.807) is 70.9 Å². The molecule has 0 aliphatic heterocycles. The molecule has 0 spiro atoms. The molecule has 0 aliphatic rings. The molecular formula is C103H134O24. The van der Waals surface area contributed by atoms with Crippen molar-refractivity contribution in [3.05, 3.63) is 191 Å². The molecule has 0 atom stereocenters. The van der Waals surface area contributed by atoms with Crippen LogP contribution in [0.3, 0.4) is 0 Å². The molecule has 0 radical (unpaired) electrons. The Morgan fingerprint density at radius 2 is 0.465 bits per heavy atom. The maximum atomic E-state index is 14.0. The summed E-state index contributed by atoms with van der Waals surface area (Å²) in [5, 5.41) is 0. The zero-order valence-corrected chi connectivity index (χ0v) is 76.1. The van der Waals surface area contributed by atoms with Gasteiger partial charge in [0.25, 0.3) is 0 Å². The highest BCUT2D eigenvalue weighted by molar-refractivity contribution is 5.91. The van der Waals surface area contributed by atoms with Gasteiger partial charge in [0.1, 0.15) is 47.7 Å². The summed E-state index contributed by atoms with van der Waals surface area (Å²) >= 11 is 0. The summed E-state index contributed by atoms with van der Waals surface area (Å²) in [5.74, 6) is 6.22. The topological polar surface area (TPSA) is 261 Å². The fourth-order valence-electron chi connectivity index (χ4n) is 13.4. The van der Waals surface area contributed by atoms with Crippen LogP contribution in [-0.2, 0) is 56.1 Å². The zero-order chi connectivity index (χ0) is 90.5. The first-order valence-corrected chi connectivity index (χ1v) is 44.8. The summed E-state index contributed by atoms with van der Waals surface area (Å²) in [4.78, 5) is 60.5. The van der Waals surface area contributed by atoms with E-state index in [2.05, 4.69) is 6.92 Å². The molecule has 0 bridgehead atoms. The van der Waals surface area contributed by atoms with Gasteiger partial charge in [-0.2, -0.15) is 0 Å². The molecule has 0 unspecified atom stereocenters. The molecule has 0 N–H and O–H groups in total. The average Bonchev–Trinajstić information content (AvgIpc) is 0.832. The van der Waals surface area contributed by atoms with Crippen LogP contribution in [0.2, 0.25) is 0 Å². The Hall–Kier alpha value is -12.0. The Morgan fingerprint density at radius 1 is 0.236 bits per heavy atom. The quantitative estimate of drug-likeness (QED) is 0.0148. The Morgan fingerprint density at radius 3 is 0.709 bits per heavy atom. The normalized spacial score (nSPS) is 11.2. The van der Waals surface area contributed by atoms with Gasteiger partial charge in [0.05, 0.1) is 122 Å². The second kappa shape index (κ2) is 62.2. The summed E-state index contributed by atoms with van der Waals surface area (Å²) in [6, 6.07) is 39.1. The second-order valence-corrected chi connectivity index (χ2v) is 30.4. The van der Waals surface area contributed by atoms with Gasteiger partial charge in [-0.05, 0) is 200 Å². The standard InChI is InChI=1S/C103H134O24/c1-10-11-12-29-62-125-103(108)84-71-89(126-76-82-63-85(117-54-30-21-13-17-25-34-58-121-91-46-38-78(67-95(91)109-2)42-50-99(104)113-6)73-86(64-82)118-55-31-22-14-18-26-35-59-122-92-47-39-79(68-96(92)110-3)43-51-100(105)114-7)75-90(72-84)127-77-83-65-87(119-56-32-23-15-19-27-36-60-123-93-48-40-80(69-97(93)111-4)44-52-101(106)115-8)74-88(66-83)120-57-33-24-16-20-28-37-61-124-94-49-41-81(70-98(94)112-5)45-53-102(107)116-9/h38-53,63-75H,10-37,54-62,76-77H2,1-9H3. The van der Waals surface area contributed by atoms with Gasteiger partial charge < -0.3 is 90.0 Å². The molecule has 7 aromatic rings. The van der Waals surface area contributed by atoms with Crippen LogP contribution < -0.4 is 66.3 Å². The van der Waals surface area contributed by atoms with Crippen LogP contribution in [0.5, 0.6) is 80.5 Å². The Labute approximate surface area is 751 Å². The minimum Gasteiger partial charge on any atom is -0.493 e. The van der Waals surface area contributed by atoms with Crippen LogP contribution in [0, 0.1) is 0 Å². The van der Waals surface area contributed by atoms with E-state index in [1.165, 1.54) is 52.7 Å². The minimum atomic E-state index is -0.477. The van der Waals surface area contributed by atoms with E-state index in [1.807, 2.05) is 109 Å². The zero-order valence-electron chi connectivity index (χ0n) is 76.1. The molecule has 0 saturated carbocycles. The minimum absolute atomic E-state index is 0.125. The third-order valence-electron chi connectivity index (χ3n) is 20.5. The predicted octanol–water partition coefficient (Wildman–Crippen LogP) is 22.6. The fraction of sp³-hybridized carbons (Fsp3) is 0.466. The summed E-state index contributed by atoms with van der Waals surface area (Å²) < 4.78 is 111. The third-order valence-corrected chi connectivity index (χ3v) is 20.5. The molecule has 0 saturated heterocycles. The summed E-state index contributed by atoms with van der Waals surface area (Å²) in [6.07, 6.45) is 39.3. The summed E-state index contributed by atoms with van der Waals surface area (Å²) in [7, 11) is 11.7. The molecule has 0 heterocycles. The molecule has 7 rings (SSSR count). The highest BCUT2D eigenvalue weighted by Gasteiger charge is 2.18. The lowest BCUT2D eigenvalue weighted by Crippen LogP contribution is -2.08. The number of methoxy groups -OCH3 is 8. The molecule has 0 fully saturated rings. The Balaban J connectivity index is 0.972. The number of carbonyl (C=O) groups is 5. The first-order chi connectivity index (χ1) is 62.1. The maximum absolute atomic E-state index is 14.0. The van der Waals surface area contributed by atoms with Crippen molar-refractivity contribution in [3.8, 4) is 80.5 Å². The van der Waals surface area contributed by atoms with Crippen molar-refractivity contribution in [3.63, 3.8) is 0 Å². The van der Waals surface area contributed by atoms with Crippen LogP contribution >= 0.6 is 0 Å². The predicted molar refractivity (Wildman–Crippen MR) is 493 cm³/mol. The van der Waals surface area contributed by atoms with Gasteiger partial charge in [-0.15, -0.1) is 0 Å². The van der Waals surface area contributed by atoms with E-state index < -0.39 is 29.8 Å². The van der Waals surface area contributed by atoms with Crippen molar-refractivity contribution in [2.24, 2.45) is 0 Å². The number of carbonyl (C=O) groups excluding carboxylic acids is 5. The van der Waals surface area contributed by atoms with E-state index in [0.29, 0.717) is 139 Å². The lowest BCUT2D eigenvalue weighted by molar-refractivity contribution is -0.135. The van der Waals surface area contributed by atoms with Crippen LogP contribution in [0.4, 0.5) is 0 Å². The Kier molecular flexibility index (Phi) is 50.0. The van der Waals surface area contributed by atoms with Gasteiger partial charge in [0.2, 0.25) is 0 Å². The molecule has 7 aromatic carbocycles. The second-order valence-electron chi connectivity index (χ2n) is 30.4. The summed E-state index contributed by atoms with van der Waals surface area (Å²) in [5.41, 5.74) is 5.10.